The number of amides is 1. The fraction of sp³-hybridized carbons (Fsp3) is 0.375. The number of carbonyl (C=O) groups is 1. The van der Waals surface area contributed by atoms with Crippen LogP contribution in [0.4, 0.5) is 4.39 Å². The number of aliphatic hydroxyl groups excluding tert-OH is 1. The number of nitrogens with one attached hydrogen (secondary N) is 2. The molecule has 0 bridgehead atoms. The van der Waals surface area contributed by atoms with Crippen LogP contribution >= 0.6 is 0 Å². The molecular formula is C16H19FN6O4. The van der Waals surface area contributed by atoms with Gasteiger partial charge in [-0.2, -0.15) is 0 Å². The van der Waals surface area contributed by atoms with Gasteiger partial charge in [0.1, 0.15) is 17.6 Å². The van der Waals surface area contributed by atoms with Crippen molar-refractivity contribution >= 4 is 11.7 Å². The maximum Gasteiger partial charge on any atom is 0.243 e. The maximum atomic E-state index is 13.4. The minimum atomic E-state index is -1.25. The fourth-order valence-electron chi connectivity index (χ4n) is 2.76. The fourth-order valence-corrected chi connectivity index (χ4v) is 2.76. The molecule has 144 valence electrons. The van der Waals surface area contributed by atoms with Gasteiger partial charge in [-0.25, -0.2) is 9.02 Å². The normalized spacial score (nSPS) is 18.2. The number of amidine groups is 1. The van der Waals surface area contributed by atoms with E-state index in [1.807, 2.05) is 0 Å². The van der Waals surface area contributed by atoms with Gasteiger partial charge < -0.3 is 26.7 Å². The quantitative estimate of drug-likeness (QED) is 0.199. The Kier molecular flexibility index (Phi) is 5.33. The SMILES string of the molecule is CC(O)CNC(=O)C(N)c1nonc1/C(=N\O)NC1Cc2ccc(F)cc21. The number of nitrogens with two attached hydrogens (primary N) is 1. The lowest BCUT2D eigenvalue weighted by atomic mass is 9.83. The second-order valence-corrected chi connectivity index (χ2v) is 6.26. The monoisotopic (exact) mass is 378 g/mol. The van der Waals surface area contributed by atoms with Crippen LogP contribution in [0.25, 0.3) is 0 Å². The van der Waals surface area contributed by atoms with Crippen LogP contribution in [-0.2, 0) is 11.2 Å². The molecule has 1 aromatic heterocycles. The lowest BCUT2D eigenvalue weighted by Gasteiger charge is -2.31. The molecule has 1 heterocycles. The number of benzene rings is 1. The highest BCUT2D eigenvalue weighted by Crippen LogP contribution is 2.33. The Labute approximate surface area is 153 Å². The van der Waals surface area contributed by atoms with Crippen molar-refractivity contribution in [1.82, 2.24) is 20.9 Å². The molecule has 0 saturated heterocycles. The number of fused-ring (bicyclic) bond motifs is 1. The summed E-state index contributed by atoms with van der Waals surface area (Å²) in [5, 5.41) is 34.4. The summed E-state index contributed by atoms with van der Waals surface area (Å²) in [4.78, 5) is 12.1. The third-order valence-electron chi connectivity index (χ3n) is 4.21. The molecule has 27 heavy (non-hydrogen) atoms. The lowest BCUT2D eigenvalue weighted by Crippen LogP contribution is -2.40. The molecule has 1 aliphatic carbocycles. The van der Waals surface area contributed by atoms with Crippen molar-refractivity contribution < 1.29 is 24.1 Å². The van der Waals surface area contributed by atoms with Gasteiger partial charge in [0.15, 0.2) is 11.5 Å². The van der Waals surface area contributed by atoms with Gasteiger partial charge in [-0.15, -0.1) is 0 Å². The summed E-state index contributed by atoms with van der Waals surface area (Å²) in [5.74, 6) is -1.09. The summed E-state index contributed by atoms with van der Waals surface area (Å²) in [6.07, 6.45) is -0.151. The first-order valence-corrected chi connectivity index (χ1v) is 8.21. The summed E-state index contributed by atoms with van der Waals surface area (Å²) in [6.45, 7) is 1.52. The van der Waals surface area contributed by atoms with Gasteiger partial charge in [0.2, 0.25) is 5.91 Å². The molecule has 0 saturated carbocycles. The smallest absolute Gasteiger partial charge is 0.243 e. The van der Waals surface area contributed by atoms with Crippen molar-refractivity contribution in [3.05, 3.63) is 46.5 Å². The summed E-state index contributed by atoms with van der Waals surface area (Å²) in [6, 6.07) is 2.90. The number of nitrogens with zero attached hydrogens (tertiary/aromatic N) is 3. The second-order valence-electron chi connectivity index (χ2n) is 6.26. The Bertz CT molecular complexity index is 868. The number of aromatic nitrogens is 2. The van der Waals surface area contributed by atoms with Crippen LogP contribution < -0.4 is 16.4 Å². The first-order chi connectivity index (χ1) is 12.9. The average Bonchev–Trinajstić information content (AvgIpc) is 3.11. The molecule has 1 amide bonds. The molecule has 0 spiro atoms. The molecule has 1 aromatic carbocycles. The summed E-state index contributed by atoms with van der Waals surface area (Å²) < 4.78 is 18.1. The van der Waals surface area contributed by atoms with Crippen LogP contribution in [0.3, 0.4) is 0 Å². The van der Waals surface area contributed by atoms with E-state index in [1.54, 1.807) is 6.07 Å². The van der Waals surface area contributed by atoms with E-state index in [2.05, 4.69) is 30.7 Å². The Morgan fingerprint density at radius 1 is 1.52 bits per heavy atom. The van der Waals surface area contributed by atoms with E-state index in [-0.39, 0.29) is 35.6 Å². The van der Waals surface area contributed by atoms with Crippen LogP contribution in [-0.4, -0.2) is 45.0 Å². The third kappa shape index (κ3) is 3.88. The van der Waals surface area contributed by atoms with Crippen molar-refractivity contribution in [2.24, 2.45) is 10.9 Å². The number of hydrogen-bond acceptors (Lipinski definition) is 8. The van der Waals surface area contributed by atoms with Crippen LogP contribution in [0.2, 0.25) is 0 Å². The summed E-state index contributed by atoms with van der Waals surface area (Å²) >= 11 is 0. The molecule has 2 aromatic rings. The van der Waals surface area contributed by atoms with Crippen LogP contribution in [0.15, 0.2) is 28.0 Å². The average molecular weight is 378 g/mol. The van der Waals surface area contributed by atoms with Crippen molar-refractivity contribution in [2.75, 3.05) is 6.54 Å². The van der Waals surface area contributed by atoms with Crippen molar-refractivity contribution in [1.29, 1.82) is 0 Å². The Hall–Kier alpha value is -3.05. The molecule has 3 unspecified atom stereocenters. The molecular weight excluding hydrogens is 359 g/mol. The van der Waals surface area contributed by atoms with Crippen molar-refractivity contribution in [3.63, 3.8) is 0 Å². The molecule has 0 fully saturated rings. The zero-order chi connectivity index (χ0) is 19.6. The van der Waals surface area contributed by atoms with Gasteiger partial charge in [0.25, 0.3) is 0 Å². The van der Waals surface area contributed by atoms with Gasteiger partial charge in [0, 0.05) is 6.54 Å². The van der Waals surface area contributed by atoms with Crippen molar-refractivity contribution in [2.45, 2.75) is 31.5 Å². The van der Waals surface area contributed by atoms with E-state index < -0.39 is 18.1 Å². The number of hydrogen-bond donors (Lipinski definition) is 5. The first kappa shape index (κ1) is 18.7. The highest BCUT2D eigenvalue weighted by molar-refractivity contribution is 5.99. The van der Waals surface area contributed by atoms with Crippen LogP contribution in [0.5, 0.6) is 0 Å². The summed E-state index contributed by atoms with van der Waals surface area (Å²) in [5.41, 5.74) is 7.48. The molecule has 3 rings (SSSR count). The zero-order valence-electron chi connectivity index (χ0n) is 14.4. The molecule has 10 nitrogen and oxygen atoms in total. The van der Waals surface area contributed by atoms with Gasteiger partial charge in [-0.1, -0.05) is 16.4 Å². The van der Waals surface area contributed by atoms with Crippen LogP contribution in [0.1, 0.15) is 41.5 Å². The number of oxime groups is 1. The predicted octanol–water partition coefficient (Wildman–Crippen LogP) is -0.272. The minimum absolute atomic E-state index is 0.0107. The molecule has 0 radical (unpaired) electrons. The van der Waals surface area contributed by atoms with E-state index in [0.717, 1.165) is 11.1 Å². The number of rotatable bonds is 6. The zero-order valence-corrected chi connectivity index (χ0v) is 14.4. The number of carbonyl (C=O) groups excluding carboxylic acids is 1. The Morgan fingerprint density at radius 3 is 3.00 bits per heavy atom. The van der Waals surface area contributed by atoms with E-state index >= 15 is 0 Å². The van der Waals surface area contributed by atoms with Gasteiger partial charge in [-0.05, 0) is 41.8 Å². The van der Waals surface area contributed by atoms with Gasteiger partial charge in [-0.3, -0.25) is 4.79 Å². The van der Waals surface area contributed by atoms with E-state index in [4.69, 9.17) is 5.73 Å². The van der Waals surface area contributed by atoms with Gasteiger partial charge in [0.05, 0.1) is 12.1 Å². The first-order valence-electron chi connectivity index (χ1n) is 8.21. The lowest BCUT2D eigenvalue weighted by molar-refractivity contribution is -0.123. The third-order valence-corrected chi connectivity index (χ3v) is 4.21. The maximum absolute atomic E-state index is 13.4. The molecule has 3 atom stereocenters. The van der Waals surface area contributed by atoms with Crippen LogP contribution in [0, 0.1) is 5.82 Å². The minimum Gasteiger partial charge on any atom is -0.409 e. The topological polar surface area (TPSA) is 159 Å². The van der Waals surface area contributed by atoms with E-state index in [9.17, 15) is 19.5 Å². The Balaban J connectivity index is 1.74. The van der Waals surface area contributed by atoms with Crippen molar-refractivity contribution in [3.8, 4) is 0 Å². The predicted molar refractivity (Wildman–Crippen MR) is 90.2 cm³/mol. The highest BCUT2D eigenvalue weighted by Gasteiger charge is 2.32. The van der Waals surface area contributed by atoms with Gasteiger partial charge >= 0.3 is 0 Å². The second kappa shape index (κ2) is 7.68. The molecule has 0 aliphatic heterocycles. The standard InChI is InChI=1S/C16H19FN6O4/c1-7(24)6-19-16(25)12(18)13-14(23-27-22-13)15(21-26)20-11-4-8-2-3-9(17)5-10(8)11/h2-3,5,7,11-12,24,26H,4,6,18H2,1H3,(H,19,25)(H,20,21). The van der Waals surface area contributed by atoms with E-state index in [1.165, 1.54) is 19.1 Å². The molecule has 6 N–H and O–H groups in total. The highest BCUT2D eigenvalue weighted by atomic mass is 19.1. The molecule has 1 aliphatic rings. The Morgan fingerprint density at radius 2 is 2.30 bits per heavy atom. The molecule has 11 heteroatoms. The largest absolute Gasteiger partial charge is 0.409 e. The van der Waals surface area contributed by atoms with E-state index in [0.29, 0.717) is 6.42 Å². The number of aliphatic hydroxyl groups is 1. The number of halogens is 1. The summed E-state index contributed by atoms with van der Waals surface area (Å²) in [7, 11) is 0.